The van der Waals surface area contributed by atoms with Crippen LogP contribution >= 0.6 is 34.3 Å². The van der Waals surface area contributed by atoms with Crippen LogP contribution in [0, 0.1) is 13.8 Å². The van der Waals surface area contributed by atoms with E-state index in [9.17, 15) is 4.79 Å². The quantitative estimate of drug-likeness (QED) is 0.392. The van der Waals surface area contributed by atoms with Gasteiger partial charge in [-0.2, -0.15) is 9.78 Å². The average Bonchev–Trinajstić information content (AvgIpc) is 3.50. The number of aromatic nitrogens is 5. The number of rotatable bonds is 4. The zero-order valence-electron chi connectivity index (χ0n) is 16.1. The first-order valence-corrected chi connectivity index (χ1v) is 11.3. The molecule has 0 unspecified atom stereocenters. The number of hydrogen-bond acceptors (Lipinski definition) is 5. The summed E-state index contributed by atoms with van der Waals surface area (Å²) >= 11 is 9.16. The van der Waals surface area contributed by atoms with Gasteiger partial charge in [0, 0.05) is 11.1 Å². The topological polar surface area (TPSA) is 68.5 Å². The fourth-order valence-corrected chi connectivity index (χ4v) is 5.34. The van der Waals surface area contributed by atoms with E-state index in [1.54, 1.807) is 4.68 Å². The SMILES string of the molecule is Cc1cc(-c2c(C)[nH]n(-c3nc(-c4sccc4Cl)cs3)c2=O)n(-c2ccccc2)n1. The van der Waals surface area contributed by atoms with E-state index in [1.165, 1.54) is 27.4 Å². The van der Waals surface area contributed by atoms with Crippen LogP contribution in [0.3, 0.4) is 0 Å². The van der Waals surface area contributed by atoms with Gasteiger partial charge in [0.2, 0.25) is 5.13 Å². The number of aromatic amines is 1. The van der Waals surface area contributed by atoms with Crippen LogP contribution in [-0.2, 0) is 0 Å². The predicted octanol–water partition coefficient (Wildman–Crippen LogP) is 5.47. The van der Waals surface area contributed by atoms with Crippen molar-refractivity contribution in [1.82, 2.24) is 24.5 Å². The minimum atomic E-state index is -0.164. The molecule has 4 aromatic heterocycles. The maximum Gasteiger partial charge on any atom is 0.283 e. The Morgan fingerprint density at radius 2 is 1.90 bits per heavy atom. The zero-order valence-corrected chi connectivity index (χ0v) is 18.5. The van der Waals surface area contributed by atoms with Crippen molar-refractivity contribution in [3.8, 4) is 32.6 Å². The third-order valence-corrected chi connectivity index (χ3v) is 6.88. The molecule has 0 spiro atoms. The maximum atomic E-state index is 13.4. The molecule has 0 aliphatic heterocycles. The normalized spacial score (nSPS) is 11.3. The minimum absolute atomic E-state index is 0.164. The van der Waals surface area contributed by atoms with Crippen LogP contribution in [0.15, 0.2) is 58.0 Å². The molecule has 1 N–H and O–H groups in total. The molecule has 0 atom stereocenters. The van der Waals surface area contributed by atoms with Crippen LogP contribution in [0.4, 0.5) is 0 Å². The second kappa shape index (κ2) is 7.39. The number of aryl methyl sites for hydroxylation is 2. The van der Waals surface area contributed by atoms with E-state index in [0.29, 0.717) is 15.7 Å². The number of H-pyrrole nitrogens is 1. The van der Waals surface area contributed by atoms with Crippen molar-refractivity contribution in [3.63, 3.8) is 0 Å². The summed E-state index contributed by atoms with van der Waals surface area (Å²) in [5.74, 6) is 0. The summed E-state index contributed by atoms with van der Waals surface area (Å²) in [6, 6.07) is 13.6. The molecule has 0 saturated carbocycles. The number of nitrogens with one attached hydrogen (secondary N) is 1. The van der Waals surface area contributed by atoms with Crippen molar-refractivity contribution in [2.45, 2.75) is 13.8 Å². The predicted molar refractivity (Wildman–Crippen MR) is 122 cm³/mol. The maximum absolute atomic E-state index is 13.4. The van der Waals surface area contributed by atoms with Crippen molar-refractivity contribution >= 4 is 34.3 Å². The number of halogens is 1. The summed E-state index contributed by atoms with van der Waals surface area (Å²) < 4.78 is 3.29. The standard InChI is InChI=1S/C21H16ClN5OS2/c1-12-10-17(26(24-12)14-6-4-3-5-7-14)18-13(2)25-27(20(18)28)21-23-16(11-30-21)19-15(22)8-9-29-19/h3-11,25H,1-2H3. The molecule has 6 nitrogen and oxygen atoms in total. The van der Waals surface area contributed by atoms with Gasteiger partial charge >= 0.3 is 0 Å². The second-order valence-corrected chi connectivity index (χ2v) is 8.94. The molecule has 0 amide bonds. The summed E-state index contributed by atoms with van der Waals surface area (Å²) in [5.41, 5.74) is 4.41. The van der Waals surface area contributed by atoms with Gasteiger partial charge in [0.15, 0.2) is 0 Å². The molecule has 0 aliphatic carbocycles. The van der Waals surface area contributed by atoms with Gasteiger partial charge in [0.05, 0.1) is 38.2 Å². The molecule has 0 bridgehead atoms. The number of para-hydroxylation sites is 1. The van der Waals surface area contributed by atoms with E-state index in [0.717, 1.165) is 33.3 Å². The Bertz CT molecular complexity index is 1410. The Balaban J connectivity index is 1.63. The number of hydrogen-bond donors (Lipinski definition) is 1. The molecular formula is C21H16ClN5OS2. The van der Waals surface area contributed by atoms with Gasteiger partial charge in [-0.3, -0.25) is 9.89 Å². The number of thiazole rings is 1. The van der Waals surface area contributed by atoms with Crippen LogP contribution in [0.2, 0.25) is 5.02 Å². The Morgan fingerprint density at radius 1 is 1.10 bits per heavy atom. The van der Waals surface area contributed by atoms with Gasteiger partial charge in [-0.1, -0.05) is 29.8 Å². The van der Waals surface area contributed by atoms with Crippen molar-refractivity contribution in [2.75, 3.05) is 0 Å². The first-order chi connectivity index (χ1) is 14.5. The lowest BCUT2D eigenvalue weighted by atomic mass is 10.1. The molecule has 0 fully saturated rings. The summed E-state index contributed by atoms with van der Waals surface area (Å²) in [4.78, 5) is 18.9. The molecule has 4 heterocycles. The van der Waals surface area contributed by atoms with E-state index >= 15 is 0 Å². The Kier molecular flexibility index (Phi) is 4.69. The van der Waals surface area contributed by atoms with E-state index in [1.807, 2.05) is 67.1 Å². The summed E-state index contributed by atoms with van der Waals surface area (Å²) in [7, 11) is 0. The number of nitrogens with zero attached hydrogens (tertiary/aromatic N) is 4. The highest BCUT2D eigenvalue weighted by atomic mass is 35.5. The van der Waals surface area contributed by atoms with Crippen LogP contribution in [-0.4, -0.2) is 24.5 Å². The number of benzene rings is 1. The monoisotopic (exact) mass is 453 g/mol. The van der Waals surface area contributed by atoms with Crippen LogP contribution in [0.25, 0.3) is 32.6 Å². The molecule has 5 aromatic rings. The van der Waals surface area contributed by atoms with Crippen molar-refractivity contribution in [3.05, 3.63) is 80.0 Å². The molecule has 0 saturated heterocycles. The molecule has 9 heteroatoms. The molecule has 30 heavy (non-hydrogen) atoms. The molecule has 5 rings (SSSR count). The highest BCUT2D eigenvalue weighted by Gasteiger charge is 2.21. The fourth-order valence-electron chi connectivity index (χ4n) is 3.37. The lowest BCUT2D eigenvalue weighted by molar-refractivity contribution is 0.827. The summed E-state index contributed by atoms with van der Waals surface area (Å²) in [6.07, 6.45) is 0. The van der Waals surface area contributed by atoms with Gasteiger partial charge in [-0.05, 0) is 43.5 Å². The third kappa shape index (κ3) is 3.13. The van der Waals surface area contributed by atoms with Crippen molar-refractivity contribution < 1.29 is 0 Å². The van der Waals surface area contributed by atoms with Crippen LogP contribution in [0.5, 0.6) is 0 Å². The van der Waals surface area contributed by atoms with Gasteiger partial charge in [-0.15, -0.1) is 22.7 Å². The largest absolute Gasteiger partial charge is 0.293 e. The smallest absolute Gasteiger partial charge is 0.283 e. The van der Waals surface area contributed by atoms with E-state index in [2.05, 4.69) is 15.2 Å². The van der Waals surface area contributed by atoms with Crippen LogP contribution in [0.1, 0.15) is 11.4 Å². The average molecular weight is 454 g/mol. The lowest BCUT2D eigenvalue weighted by Gasteiger charge is -2.05. The fraction of sp³-hybridized carbons (Fsp3) is 0.0952. The highest BCUT2D eigenvalue weighted by Crippen LogP contribution is 2.34. The van der Waals surface area contributed by atoms with Crippen molar-refractivity contribution in [1.29, 1.82) is 0 Å². The first kappa shape index (κ1) is 19.0. The van der Waals surface area contributed by atoms with Gasteiger partial charge in [-0.25, -0.2) is 9.67 Å². The van der Waals surface area contributed by atoms with Crippen molar-refractivity contribution in [2.24, 2.45) is 0 Å². The molecular weight excluding hydrogens is 438 g/mol. The van der Waals surface area contributed by atoms with E-state index in [4.69, 9.17) is 11.6 Å². The Hall–Kier alpha value is -2.94. The zero-order chi connectivity index (χ0) is 20.8. The van der Waals surface area contributed by atoms with Crippen LogP contribution < -0.4 is 5.56 Å². The minimum Gasteiger partial charge on any atom is -0.293 e. The Labute approximate surface area is 185 Å². The summed E-state index contributed by atoms with van der Waals surface area (Å²) in [6.45, 7) is 3.80. The van der Waals surface area contributed by atoms with Gasteiger partial charge < -0.3 is 0 Å². The lowest BCUT2D eigenvalue weighted by Crippen LogP contribution is -2.16. The number of thiophene rings is 1. The second-order valence-electron chi connectivity index (χ2n) is 6.78. The van der Waals surface area contributed by atoms with E-state index < -0.39 is 0 Å². The first-order valence-electron chi connectivity index (χ1n) is 9.16. The Morgan fingerprint density at radius 3 is 2.63 bits per heavy atom. The molecule has 0 aliphatic rings. The van der Waals surface area contributed by atoms with E-state index in [-0.39, 0.29) is 5.56 Å². The van der Waals surface area contributed by atoms with Gasteiger partial charge in [0.25, 0.3) is 5.56 Å². The molecule has 1 aromatic carbocycles. The highest BCUT2D eigenvalue weighted by molar-refractivity contribution is 7.15. The summed E-state index contributed by atoms with van der Waals surface area (Å²) in [5, 5.41) is 12.8. The third-order valence-electron chi connectivity index (χ3n) is 4.69. The molecule has 0 radical (unpaired) electrons. The molecule has 150 valence electrons. The van der Waals surface area contributed by atoms with Gasteiger partial charge in [0.1, 0.15) is 0 Å².